The Morgan fingerprint density at radius 2 is 2.24 bits per heavy atom. The molecule has 0 radical (unpaired) electrons. The first-order chi connectivity index (χ1) is 8.13. The molecule has 1 fully saturated rings. The van der Waals surface area contributed by atoms with Crippen molar-refractivity contribution in [3.8, 4) is 5.75 Å². The van der Waals surface area contributed by atoms with E-state index < -0.39 is 5.97 Å². The van der Waals surface area contributed by atoms with Crippen molar-refractivity contribution >= 4 is 5.97 Å². The van der Waals surface area contributed by atoms with E-state index in [1.807, 2.05) is 6.07 Å². The number of hydrogen-bond donors (Lipinski definition) is 2. The van der Waals surface area contributed by atoms with Gasteiger partial charge in [0.2, 0.25) is 0 Å². The van der Waals surface area contributed by atoms with Crippen molar-refractivity contribution in [2.75, 3.05) is 13.7 Å². The highest BCUT2D eigenvalue weighted by Crippen LogP contribution is 2.51. The number of phenols is 1. The first kappa shape index (κ1) is 11.9. The molecule has 0 amide bonds. The monoisotopic (exact) mass is 235 g/mol. The predicted molar refractivity (Wildman–Crippen MR) is 64.0 cm³/mol. The molecule has 0 heterocycles. The van der Waals surface area contributed by atoms with Crippen LogP contribution in [0.15, 0.2) is 18.2 Å². The fourth-order valence-electron chi connectivity index (χ4n) is 2.25. The number of benzene rings is 1. The third-order valence-corrected chi connectivity index (χ3v) is 3.49. The molecular weight excluding hydrogens is 218 g/mol. The normalized spacial score (nSPS) is 16.6. The zero-order chi connectivity index (χ0) is 12.5. The lowest BCUT2D eigenvalue weighted by Crippen LogP contribution is -2.14. The van der Waals surface area contributed by atoms with Gasteiger partial charge in [0.25, 0.3) is 0 Å². The first-order valence-electron chi connectivity index (χ1n) is 5.75. The largest absolute Gasteiger partial charge is 0.507 e. The van der Waals surface area contributed by atoms with Gasteiger partial charge in [-0.1, -0.05) is 6.07 Å². The van der Waals surface area contributed by atoms with Gasteiger partial charge in [0.15, 0.2) is 0 Å². The van der Waals surface area contributed by atoms with Crippen LogP contribution in [0.5, 0.6) is 5.75 Å². The van der Waals surface area contributed by atoms with E-state index in [9.17, 15) is 9.90 Å². The molecule has 1 aliphatic carbocycles. The number of ether oxygens (including phenoxy) is 1. The van der Waals surface area contributed by atoms with Gasteiger partial charge < -0.3 is 15.6 Å². The maximum atomic E-state index is 11.5. The highest BCUT2D eigenvalue weighted by molar-refractivity contribution is 5.92. The quantitative estimate of drug-likeness (QED) is 0.777. The van der Waals surface area contributed by atoms with Crippen LogP contribution in [0, 0.1) is 0 Å². The number of aromatic hydroxyl groups is 1. The highest BCUT2D eigenvalue weighted by Gasteiger charge is 2.43. The zero-order valence-electron chi connectivity index (χ0n) is 9.90. The molecule has 1 aromatic carbocycles. The van der Waals surface area contributed by atoms with Crippen molar-refractivity contribution in [1.29, 1.82) is 0 Å². The Morgan fingerprint density at radius 1 is 1.53 bits per heavy atom. The Balaban J connectivity index is 2.34. The molecule has 4 heteroatoms. The lowest BCUT2D eigenvalue weighted by Gasteiger charge is -2.15. The second-order valence-corrected chi connectivity index (χ2v) is 4.54. The first-order valence-corrected chi connectivity index (χ1v) is 5.75. The molecule has 0 bridgehead atoms. The summed E-state index contributed by atoms with van der Waals surface area (Å²) in [6.07, 6.45) is 3.10. The molecule has 4 nitrogen and oxygen atoms in total. The van der Waals surface area contributed by atoms with Crippen LogP contribution in [0.3, 0.4) is 0 Å². The maximum absolute atomic E-state index is 11.5. The number of phenolic OH excluding ortho intramolecular Hbond substituents is 1. The number of rotatable bonds is 4. The Kier molecular flexibility index (Phi) is 3.07. The minimum absolute atomic E-state index is 0.0378. The number of carbonyl (C=O) groups is 1. The Labute approximate surface area is 100 Å². The van der Waals surface area contributed by atoms with E-state index in [4.69, 9.17) is 5.73 Å². The summed E-state index contributed by atoms with van der Waals surface area (Å²) in [6.45, 7) is 0.633. The minimum atomic E-state index is -0.507. The zero-order valence-corrected chi connectivity index (χ0v) is 9.90. The molecule has 0 aromatic heterocycles. The molecule has 1 aromatic rings. The predicted octanol–water partition coefficient (Wildman–Crippen LogP) is 1.56. The fourth-order valence-corrected chi connectivity index (χ4v) is 2.25. The van der Waals surface area contributed by atoms with E-state index in [2.05, 4.69) is 4.74 Å². The molecule has 3 N–H and O–H groups in total. The summed E-state index contributed by atoms with van der Waals surface area (Å²) in [5.74, 6) is -0.544. The Hall–Kier alpha value is -1.55. The van der Waals surface area contributed by atoms with Crippen molar-refractivity contribution in [3.05, 3.63) is 29.3 Å². The van der Waals surface area contributed by atoms with Crippen molar-refractivity contribution in [3.63, 3.8) is 0 Å². The number of carbonyl (C=O) groups excluding carboxylic acids is 1. The molecule has 17 heavy (non-hydrogen) atoms. The van der Waals surface area contributed by atoms with Gasteiger partial charge in [-0.2, -0.15) is 0 Å². The van der Waals surface area contributed by atoms with Crippen molar-refractivity contribution in [1.82, 2.24) is 0 Å². The molecule has 2 rings (SSSR count). The van der Waals surface area contributed by atoms with E-state index in [1.54, 1.807) is 12.1 Å². The van der Waals surface area contributed by atoms with Crippen molar-refractivity contribution in [2.24, 2.45) is 5.73 Å². The van der Waals surface area contributed by atoms with E-state index in [-0.39, 0.29) is 16.7 Å². The Morgan fingerprint density at radius 3 is 2.76 bits per heavy atom. The summed E-state index contributed by atoms with van der Waals surface area (Å²) in [7, 11) is 1.31. The molecule has 92 valence electrons. The second kappa shape index (κ2) is 4.37. The minimum Gasteiger partial charge on any atom is -0.507 e. The molecule has 0 aliphatic heterocycles. The van der Waals surface area contributed by atoms with Crippen LogP contribution in [-0.4, -0.2) is 24.7 Å². The van der Waals surface area contributed by atoms with E-state index in [0.717, 1.165) is 24.8 Å². The summed E-state index contributed by atoms with van der Waals surface area (Å²) in [4.78, 5) is 11.5. The second-order valence-electron chi connectivity index (χ2n) is 4.54. The standard InChI is InChI=1S/C13H17NO3/c1-17-12(16)10-8-9(2-3-11(10)15)13(4-5-13)6-7-14/h2-3,8,15H,4-7,14H2,1H3. The van der Waals surface area contributed by atoms with Crippen LogP contribution in [0.1, 0.15) is 35.2 Å². The van der Waals surface area contributed by atoms with Gasteiger partial charge in [-0.3, -0.25) is 0 Å². The van der Waals surface area contributed by atoms with Gasteiger partial charge in [-0.25, -0.2) is 4.79 Å². The summed E-state index contributed by atoms with van der Waals surface area (Å²) in [5.41, 5.74) is 7.02. The fraction of sp³-hybridized carbons (Fsp3) is 0.462. The molecule has 1 aliphatic rings. The number of nitrogens with two attached hydrogens (primary N) is 1. The number of esters is 1. The average Bonchev–Trinajstić information content (AvgIpc) is 3.10. The summed E-state index contributed by atoms with van der Waals surface area (Å²) in [5, 5.41) is 9.63. The smallest absolute Gasteiger partial charge is 0.341 e. The number of hydrogen-bond acceptors (Lipinski definition) is 4. The van der Waals surface area contributed by atoms with Crippen molar-refractivity contribution in [2.45, 2.75) is 24.7 Å². The third kappa shape index (κ3) is 2.13. The van der Waals surface area contributed by atoms with Gasteiger partial charge in [-0.15, -0.1) is 0 Å². The lowest BCUT2D eigenvalue weighted by atomic mass is 9.91. The lowest BCUT2D eigenvalue weighted by molar-refractivity contribution is 0.0597. The summed E-state index contributed by atoms with van der Waals surface area (Å²) < 4.78 is 4.64. The molecule has 0 saturated heterocycles. The van der Waals surface area contributed by atoms with Gasteiger partial charge in [0.1, 0.15) is 11.3 Å². The van der Waals surface area contributed by atoms with Crippen molar-refractivity contribution < 1.29 is 14.6 Å². The molecule has 0 unspecified atom stereocenters. The maximum Gasteiger partial charge on any atom is 0.341 e. The molecular formula is C13H17NO3. The highest BCUT2D eigenvalue weighted by atomic mass is 16.5. The SMILES string of the molecule is COC(=O)c1cc(C2(CCN)CC2)ccc1O. The van der Waals surface area contributed by atoms with Crippen LogP contribution >= 0.6 is 0 Å². The molecule has 0 spiro atoms. The van der Waals surface area contributed by atoms with E-state index in [1.165, 1.54) is 7.11 Å². The topological polar surface area (TPSA) is 72.5 Å². The average molecular weight is 235 g/mol. The van der Waals surface area contributed by atoms with Crippen LogP contribution in [0.2, 0.25) is 0 Å². The molecule has 1 saturated carbocycles. The number of methoxy groups -OCH3 is 1. The Bertz CT molecular complexity index is 438. The van der Waals surface area contributed by atoms with Gasteiger partial charge in [0.05, 0.1) is 7.11 Å². The van der Waals surface area contributed by atoms with Gasteiger partial charge in [-0.05, 0) is 48.9 Å². The molecule has 0 atom stereocenters. The van der Waals surface area contributed by atoms with Crippen LogP contribution in [0.4, 0.5) is 0 Å². The van der Waals surface area contributed by atoms with Gasteiger partial charge in [0, 0.05) is 0 Å². The van der Waals surface area contributed by atoms with Gasteiger partial charge >= 0.3 is 5.97 Å². The van der Waals surface area contributed by atoms with E-state index >= 15 is 0 Å². The third-order valence-electron chi connectivity index (χ3n) is 3.49. The summed E-state index contributed by atoms with van der Waals surface area (Å²) in [6, 6.07) is 5.15. The van der Waals surface area contributed by atoms with E-state index in [0.29, 0.717) is 6.54 Å². The summed E-state index contributed by atoms with van der Waals surface area (Å²) >= 11 is 0. The van der Waals surface area contributed by atoms with Crippen LogP contribution < -0.4 is 5.73 Å². The van der Waals surface area contributed by atoms with Crippen LogP contribution in [-0.2, 0) is 10.2 Å². The van der Waals surface area contributed by atoms with Crippen LogP contribution in [0.25, 0.3) is 0 Å².